The van der Waals surface area contributed by atoms with Crippen molar-refractivity contribution in [2.24, 2.45) is 5.92 Å². The normalized spacial score (nSPS) is 17.6. The van der Waals surface area contributed by atoms with Crippen molar-refractivity contribution in [1.82, 2.24) is 4.90 Å². The first kappa shape index (κ1) is 21.7. The number of benzene rings is 1. The molecule has 0 saturated heterocycles. The highest BCUT2D eigenvalue weighted by Crippen LogP contribution is 2.33. The number of carboxylic acids is 2. The molecule has 5 nitrogen and oxygen atoms in total. The van der Waals surface area contributed by atoms with Crippen LogP contribution in [0.25, 0.3) is 5.57 Å². The molecule has 0 unspecified atom stereocenters. The highest BCUT2D eigenvalue weighted by Gasteiger charge is 2.31. The van der Waals surface area contributed by atoms with Crippen LogP contribution in [0, 0.1) is 5.92 Å². The minimum atomic E-state index is -4.26. The van der Waals surface area contributed by atoms with E-state index in [4.69, 9.17) is 10.2 Å². The fourth-order valence-corrected chi connectivity index (χ4v) is 2.84. The molecule has 1 fully saturated rings. The van der Waals surface area contributed by atoms with Crippen molar-refractivity contribution < 1.29 is 33.0 Å². The minimum absolute atomic E-state index is 0.558. The fraction of sp³-hybridized carbons (Fsp3) is 0.400. The summed E-state index contributed by atoms with van der Waals surface area (Å²) in [7, 11) is 0. The molecule has 152 valence electrons. The van der Waals surface area contributed by atoms with Gasteiger partial charge in [-0.2, -0.15) is 13.2 Å². The Morgan fingerprint density at radius 3 is 2.25 bits per heavy atom. The zero-order valence-electron chi connectivity index (χ0n) is 15.2. The van der Waals surface area contributed by atoms with E-state index in [9.17, 15) is 22.8 Å². The van der Waals surface area contributed by atoms with E-state index < -0.39 is 23.7 Å². The van der Waals surface area contributed by atoms with Crippen LogP contribution in [0.1, 0.15) is 30.4 Å². The Balaban J connectivity index is 0.000000300. The molecular weight excluding hydrogens is 375 g/mol. The Kier molecular flexibility index (Phi) is 7.39. The second kappa shape index (κ2) is 9.54. The molecule has 0 radical (unpaired) electrons. The predicted molar refractivity (Wildman–Crippen MR) is 97.6 cm³/mol. The molecule has 1 aliphatic heterocycles. The highest BCUT2D eigenvalue weighted by atomic mass is 19.4. The summed E-state index contributed by atoms with van der Waals surface area (Å²) in [5, 5.41) is 15.6. The summed E-state index contributed by atoms with van der Waals surface area (Å²) in [5.41, 5.74) is 1.20. The Labute approximate surface area is 160 Å². The lowest BCUT2D eigenvalue weighted by atomic mass is 9.97. The number of alkyl halides is 3. The fourth-order valence-electron chi connectivity index (χ4n) is 2.84. The van der Waals surface area contributed by atoms with Crippen LogP contribution in [0.4, 0.5) is 13.2 Å². The number of nitrogens with zero attached hydrogens (tertiary/aromatic N) is 1. The van der Waals surface area contributed by atoms with Crippen LogP contribution in [0.2, 0.25) is 0 Å². The SMILES string of the molecule is FC(F)(F)c1cccc(C2=CCN(CC3CC3)CC2)c1.O=C(O)/C=C\C(=O)O. The van der Waals surface area contributed by atoms with Gasteiger partial charge in [-0.05, 0) is 48.4 Å². The Morgan fingerprint density at radius 2 is 1.79 bits per heavy atom. The first-order valence-electron chi connectivity index (χ1n) is 8.88. The topological polar surface area (TPSA) is 77.8 Å². The van der Waals surface area contributed by atoms with E-state index in [0.29, 0.717) is 17.7 Å². The number of carboxylic acid groups (broad SMARTS) is 2. The number of hydrogen-bond acceptors (Lipinski definition) is 3. The second-order valence-electron chi connectivity index (χ2n) is 6.77. The maximum absolute atomic E-state index is 12.7. The molecule has 1 heterocycles. The molecule has 0 bridgehead atoms. The van der Waals surface area contributed by atoms with Gasteiger partial charge in [-0.25, -0.2) is 9.59 Å². The zero-order chi connectivity index (χ0) is 20.7. The van der Waals surface area contributed by atoms with Gasteiger partial charge < -0.3 is 10.2 Å². The molecule has 1 aliphatic carbocycles. The van der Waals surface area contributed by atoms with Gasteiger partial charge in [0.25, 0.3) is 0 Å². The monoisotopic (exact) mass is 397 g/mol. The molecule has 0 atom stereocenters. The molecule has 2 aliphatic rings. The third kappa shape index (κ3) is 7.56. The van der Waals surface area contributed by atoms with Crippen LogP contribution in [-0.2, 0) is 15.8 Å². The highest BCUT2D eigenvalue weighted by molar-refractivity contribution is 5.89. The van der Waals surface area contributed by atoms with E-state index in [2.05, 4.69) is 11.0 Å². The summed E-state index contributed by atoms with van der Waals surface area (Å²) in [5.74, 6) is -1.65. The van der Waals surface area contributed by atoms with E-state index in [1.165, 1.54) is 25.0 Å². The third-order valence-corrected chi connectivity index (χ3v) is 4.44. The van der Waals surface area contributed by atoms with E-state index >= 15 is 0 Å². The van der Waals surface area contributed by atoms with Crippen LogP contribution in [0.15, 0.2) is 42.5 Å². The number of rotatable bonds is 5. The number of carbonyl (C=O) groups is 2. The van der Waals surface area contributed by atoms with Crippen LogP contribution in [0.5, 0.6) is 0 Å². The van der Waals surface area contributed by atoms with Gasteiger partial charge >= 0.3 is 18.1 Å². The average molecular weight is 397 g/mol. The van der Waals surface area contributed by atoms with Gasteiger partial charge in [0.15, 0.2) is 0 Å². The van der Waals surface area contributed by atoms with E-state index in [0.717, 1.165) is 43.6 Å². The third-order valence-electron chi connectivity index (χ3n) is 4.44. The molecule has 1 saturated carbocycles. The molecule has 28 heavy (non-hydrogen) atoms. The minimum Gasteiger partial charge on any atom is -0.478 e. The molecule has 3 rings (SSSR count). The van der Waals surface area contributed by atoms with Gasteiger partial charge in [0.1, 0.15) is 0 Å². The number of halogens is 3. The summed E-state index contributed by atoms with van der Waals surface area (Å²) in [4.78, 5) is 21.5. The van der Waals surface area contributed by atoms with Crippen LogP contribution >= 0.6 is 0 Å². The molecule has 2 N–H and O–H groups in total. The van der Waals surface area contributed by atoms with Crippen molar-refractivity contribution in [3.05, 3.63) is 53.6 Å². The summed E-state index contributed by atoms with van der Waals surface area (Å²) < 4.78 is 38.2. The quantitative estimate of drug-likeness (QED) is 0.737. The standard InChI is InChI=1S/C16H18F3N.C4H4O4/c17-16(18,19)15-3-1-2-14(10-15)13-6-8-20(9-7-13)11-12-4-5-12;5-3(6)1-2-4(7)8/h1-3,6,10,12H,4-5,7-9,11H2;1-2H,(H,5,6)(H,7,8)/b;2-1-. The lowest BCUT2D eigenvalue weighted by Crippen LogP contribution is -2.30. The van der Waals surface area contributed by atoms with Crippen molar-refractivity contribution in [2.45, 2.75) is 25.4 Å². The van der Waals surface area contributed by atoms with E-state index in [1.807, 2.05) is 0 Å². The first-order chi connectivity index (χ1) is 13.1. The summed E-state index contributed by atoms with van der Waals surface area (Å²) >= 11 is 0. The van der Waals surface area contributed by atoms with Gasteiger partial charge in [0.2, 0.25) is 0 Å². The molecule has 0 amide bonds. The Hall–Kier alpha value is -2.61. The summed E-state index contributed by atoms with van der Waals surface area (Å²) in [6.45, 7) is 2.97. The van der Waals surface area contributed by atoms with Crippen molar-refractivity contribution in [1.29, 1.82) is 0 Å². The molecule has 8 heteroatoms. The molecular formula is C20H22F3NO4. The maximum Gasteiger partial charge on any atom is 0.416 e. The Morgan fingerprint density at radius 1 is 1.14 bits per heavy atom. The van der Waals surface area contributed by atoms with Crippen LogP contribution in [-0.4, -0.2) is 46.7 Å². The largest absolute Gasteiger partial charge is 0.478 e. The lowest BCUT2D eigenvalue weighted by Gasteiger charge is -2.26. The van der Waals surface area contributed by atoms with Gasteiger partial charge in [0, 0.05) is 31.8 Å². The van der Waals surface area contributed by atoms with Gasteiger partial charge in [-0.15, -0.1) is 0 Å². The average Bonchev–Trinajstić information content (AvgIpc) is 3.45. The Bertz CT molecular complexity index is 751. The second-order valence-corrected chi connectivity index (χ2v) is 6.77. The van der Waals surface area contributed by atoms with Gasteiger partial charge in [-0.3, -0.25) is 4.90 Å². The van der Waals surface area contributed by atoms with Crippen LogP contribution in [0.3, 0.4) is 0 Å². The first-order valence-corrected chi connectivity index (χ1v) is 8.88. The number of hydrogen-bond donors (Lipinski definition) is 2. The lowest BCUT2D eigenvalue weighted by molar-refractivity contribution is -0.137. The van der Waals surface area contributed by atoms with Crippen molar-refractivity contribution in [3.8, 4) is 0 Å². The summed E-state index contributed by atoms with van der Waals surface area (Å²) in [6, 6.07) is 5.67. The van der Waals surface area contributed by atoms with E-state index in [1.54, 1.807) is 6.07 Å². The van der Waals surface area contributed by atoms with Crippen molar-refractivity contribution >= 4 is 17.5 Å². The summed E-state index contributed by atoms with van der Waals surface area (Å²) in [6.07, 6.45) is 2.45. The predicted octanol–water partition coefficient (Wildman–Crippen LogP) is 3.92. The smallest absolute Gasteiger partial charge is 0.416 e. The molecule has 1 aromatic carbocycles. The van der Waals surface area contributed by atoms with E-state index in [-0.39, 0.29) is 0 Å². The molecule has 0 aromatic heterocycles. The maximum atomic E-state index is 12.7. The van der Waals surface area contributed by atoms with Crippen LogP contribution < -0.4 is 0 Å². The van der Waals surface area contributed by atoms with Crippen molar-refractivity contribution in [3.63, 3.8) is 0 Å². The zero-order valence-corrected chi connectivity index (χ0v) is 15.2. The van der Waals surface area contributed by atoms with Gasteiger partial charge in [0.05, 0.1) is 5.56 Å². The number of aliphatic carboxylic acids is 2. The van der Waals surface area contributed by atoms with Gasteiger partial charge in [-0.1, -0.05) is 18.2 Å². The molecule has 1 aromatic rings. The molecule has 0 spiro atoms. The van der Waals surface area contributed by atoms with Crippen molar-refractivity contribution in [2.75, 3.05) is 19.6 Å².